The van der Waals surface area contributed by atoms with Gasteiger partial charge in [-0.3, -0.25) is 4.72 Å². The molecule has 0 amide bonds. The molecule has 0 aliphatic heterocycles. The Morgan fingerprint density at radius 2 is 1.62 bits per heavy atom. The van der Waals surface area contributed by atoms with Gasteiger partial charge in [0.25, 0.3) is 0 Å². The molecule has 9 heteroatoms. The van der Waals surface area contributed by atoms with Crippen LogP contribution in [0.1, 0.15) is 46.0 Å². The summed E-state index contributed by atoms with van der Waals surface area (Å²) >= 11 is -0.248. The van der Waals surface area contributed by atoms with E-state index < -0.39 is 23.6 Å². The summed E-state index contributed by atoms with van der Waals surface area (Å²) in [4.78, 5) is 23.1. The van der Waals surface area contributed by atoms with Crippen LogP contribution in [0.3, 0.4) is 0 Å². The lowest BCUT2D eigenvalue weighted by Crippen LogP contribution is -2.25. The van der Waals surface area contributed by atoms with E-state index in [4.69, 9.17) is 9.47 Å². The molecular weight excluding hydrogens is 371 g/mol. The second-order valence-electron chi connectivity index (χ2n) is 5.83. The smallest absolute Gasteiger partial charge is 0.456 e. The number of unbranched alkanes of at least 4 members (excludes halogenated alkanes) is 3. The molecule has 0 radical (unpaired) electrons. The summed E-state index contributed by atoms with van der Waals surface area (Å²) in [6.07, 6.45) is 2.66. The molecule has 0 aromatic heterocycles. The van der Waals surface area contributed by atoms with E-state index >= 15 is 0 Å². The number of nitrogens with one attached hydrogen (secondary N) is 1. The maximum absolute atomic E-state index is 11.9. The van der Waals surface area contributed by atoms with Crippen molar-refractivity contribution >= 4 is 23.9 Å². The van der Waals surface area contributed by atoms with Gasteiger partial charge in [-0.2, -0.15) is 13.2 Å². The van der Waals surface area contributed by atoms with Gasteiger partial charge in [-0.05, 0) is 33.1 Å². The van der Waals surface area contributed by atoms with Gasteiger partial charge >= 0.3 is 17.4 Å². The molecule has 150 valence electrons. The normalized spacial score (nSPS) is 12.3. The van der Waals surface area contributed by atoms with Crippen LogP contribution in [0.4, 0.5) is 13.2 Å². The molecule has 0 heterocycles. The zero-order valence-corrected chi connectivity index (χ0v) is 15.9. The Bertz CT molecular complexity index is 495. The monoisotopic (exact) mass is 397 g/mol. The van der Waals surface area contributed by atoms with Gasteiger partial charge in [0.2, 0.25) is 0 Å². The number of hydrogen-bond acceptors (Lipinski definition) is 6. The van der Waals surface area contributed by atoms with Gasteiger partial charge < -0.3 is 9.47 Å². The number of alkyl halides is 3. The fourth-order valence-electron chi connectivity index (χ4n) is 1.78. The molecule has 0 aromatic rings. The Morgan fingerprint density at radius 3 is 2.15 bits per heavy atom. The van der Waals surface area contributed by atoms with E-state index in [9.17, 15) is 22.8 Å². The Morgan fingerprint density at radius 1 is 1.04 bits per heavy atom. The molecule has 0 bridgehead atoms. The summed E-state index contributed by atoms with van der Waals surface area (Å²) in [5, 5.41) is 0. The molecule has 0 spiro atoms. The molecule has 1 N–H and O–H groups in total. The maximum atomic E-state index is 11.9. The average Bonchev–Trinajstić information content (AvgIpc) is 2.52. The number of carbonyl (C=O) groups excluding carboxylic acids is 2. The van der Waals surface area contributed by atoms with E-state index in [-0.39, 0.29) is 36.2 Å². The Hall–Kier alpha value is -1.48. The van der Waals surface area contributed by atoms with Crippen LogP contribution >= 0.6 is 11.9 Å². The maximum Gasteiger partial charge on any atom is 0.456 e. The van der Waals surface area contributed by atoms with Crippen molar-refractivity contribution in [1.29, 1.82) is 0 Å². The zero-order valence-electron chi connectivity index (χ0n) is 15.1. The highest BCUT2D eigenvalue weighted by Crippen LogP contribution is 2.27. The number of rotatable bonds is 13. The number of esters is 2. The lowest BCUT2D eigenvalue weighted by Gasteiger charge is -2.18. The summed E-state index contributed by atoms with van der Waals surface area (Å²) in [7, 11) is 0. The van der Waals surface area contributed by atoms with Crippen molar-refractivity contribution in [3.8, 4) is 0 Å². The molecule has 0 aromatic carbocycles. The molecule has 0 rings (SSSR count). The number of ether oxygens (including phenoxy) is 2. The molecule has 5 nitrogen and oxygen atoms in total. The first-order chi connectivity index (χ1) is 12.0. The van der Waals surface area contributed by atoms with E-state index in [1.165, 1.54) is 13.8 Å². The fraction of sp³-hybridized carbons (Fsp3) is 0.647. The van der Waals surface area contributed by atoms with E-state index in [1.807, 2.05) is 0 Å². The van der Waals surface area contributed by atoms with Crippen LogP contribution in [0.25, 0.3) is 0 Å². The van der Waals surface area contributed by atoms with Crippen LogP contribution < -0.4 is 4.72 Å². The molecule has 0 aliphatic carbocycles. The van der Waals surface area contributed by atoms with Gasteiger partial charge in [-0.1, -0.05) is 26.0 Å². The second-order valence-corrected chi connectivity index (χ2v) is 6.79. The first kappa shape index (κ1) is 24.5. The quantitative estimate of drug-likeness (QED) is 0.216. The highest BCUT2D eigenvalue weighted by atomic mass is 32.2. The van der Waals surface area contributed by atoms with Crippen LogP contribution in [0.15, 0.2) is 24.3 Å². The predicted octanol–water partition coefficient (Wildman–Crippen LogP) is 4.30. The molecule has 0 aliphatic rings. The van der Waals surface area contributed by atoms with Crippen LogP contribution in [-0.4, -0.2) is 36.7 Å². The highest BCUT2D eigenvalue weighted by molar-refractivity contribution is 7.98. The zero-order chi connectivity index (χ0) is 20.2. The minimum Gasteiger partial charge on any atom is -0.458 e. The first-order valence-corrected chi connectivity index (χ1v) is 9.01. The van der Waals surface area contributed by atoms with Crippen LogP contribution in [0.5, 0.6) is 0 Å². The Balaban J connectivity index is 4.09. The van der Waals surface area contributed by atoms with Gasteiger partial charge in [0.05, 0.1) is 0 Å². The summed E-state index contributed by atoms with van der Waals surface area (Å²) in [5.41, 5.74) is -3.78. The van der Waals surface area contributed by atoms with Gasteiger partial charge in [0, 0.05) is 29.6 Å². The fourth-order valence-corrected chi connectivity index (χ4v) is 2.19. The lowest BCUT2D eigenvalue weighted by atomic mass is 10.1. The van der Waals surface area contributed by atoms with Crippen molar-refractivity contribution in [3.05, 3.63) is 24.3 Å². The van der Waals surface area contributed by atoms with Crippen LogP contribution in [-0.2, 0) is 19.1 Å². The third-order valence-corrected chi connectivity index (χ3v) is 3.69. The van der Waals surface area contributed by atoms with Gasteiger partial charge in [0.1, 0.15) is 12.7 Å². The third kappa shape index (κ3) is 13.8. The van der Waals surface area contributed by atoms with E-state index in [0.29, 0.717) is 19.3 Å². The summed E-state index contributed by atoms with van der Waals surface area (Å²) in [6, 6.07) is 0. The first-order valence-electron chi connectivity index (χ1n) is 8.19. The third-order valence-electron chi connectivity index (χ3n) is 3.11. The number of halogens is 3. The molecule has 1 unspecified atom stereocenters. The van der Waals surface area contributed by atoms with Crippen molar-refractivity contribution < 1.29 is 32.2 Å². The average molecular weight is 397 g/mol. The molecular formula is C17H26F3NO4S. The summed E-state index contributed by atoms with van der Waals surface area (Å²) in [6.45, 7) is 10.2. The van der Waals surface area contributed by atoms with Crippen molar-refractivity contribution in [2.45, 2.75) is 57.6 Å². The van der Waals surface area contributed by atoms with Crippen molar-refractivity contribution in [3.63, 3.8) is 0 Å². The molecule has 0 fully saturated rings. The van der Waals surface area contributed by atoms with E-state index in [2.05, 4.69) is 17.9 Å². The molecule has 0 saturated carbocycles. The van der Waals surface area contributed by atoms with Crippen molar-refractivity contribution in [2.75, 3.05) is 13.2 Å². The van der Waals surface area contributed by atoms with Gasteiger partial charge in [0.15, 0.2) is 0 Å². The lowest BCUT2D eigenvalue weighted by molar-refractivity contribution is -0.154. The van der Waals surface area contributed by atoms with Gasteiger partial charge in [-0.15, -0.1) is 0 Å². The largest absolute Gasteiger partial charge is 0.458 e. The molecule has 26 heavy (non-hydrogen) atoms. The number of hydrogen-bond donors (Lipinski definition) is 1. The minimum atomic E-state index is -4.28. The van der Waals surface area contributed by atoms with Gasteiger partial charge in [-0.25, -0.2) is 9.59 Å². The van der Waals surface area contributed by atoms with E-state index in [1.54, 1.807) is 0 Å². The Labute approximate surface area is 156 Å². The summed E-state index contributed by atoms with van der Waals surface area (Å²) < 4.78 is 48.3. The standard InChI is InChI=1S/C17H26F3NO4S/c1-12(2)15(22)24-11-14(25-16(23)13(3)4)9-7-5-6-8-10-21-26-17(18,19)20/h14,21H,1,3,5-11H2,2,4H3. The topological polar surface area (TPSA) is 64.6 Å². The van der Waals surface area contributed by atoms with Crippen LogP contribution in [0, 0.1) is 0 Å². The van der Waals surface area contributed by atoms with Crippen LogP contribution in [0.2, 0.25) is 0 Å². The predicted molar refractivity (Wildman–Crippen MR) is 95.2 cm³/mol. The summed E-state index contributed by atoms with van der Waals surface area (Å²) in [5.74, 6) is -1.12. The number of carbonyl (C=O) groups is 2. The van der Waals surface area contributed by atoms with E-state index in [0.717, 1.165) is 12.8 Å². The minimum absolute atomic E-state index is 0.0749. The molecule has 0 saturated heterocycles. The van der Waals surface area contributed by atoms with Crippen molar-refractivity contribution in [1.82, 2.24) is 4.72 Å². The second kappa shape index (κ2) is 12.8. The highest BCUT2D eigenvalue weighted by Gasteiger charge is 2.28. The van der Waals surface area contributed by atoms with Crippen molar-refractivity contribution in [2.24, 2.45) is 0 Å². The molecule has 1 atom stereocenters. The SMILES string of the molecule is C=C(C)C(=O)OCC(CCCCCCNSC(F)(F)F)OC(=O)C(=C)C. The Kier molecular flexibility index (Phi) is 12.1.